The Morgan fingerprint density at radius 1 is 1.19 bits per heavy atom. The van der Waals surface area contributed by atoms with Gasteiger partial charge in [0.05, 0.1) is 4.90 Å². The van der Waals surface area contributed by atoms with Crippen LogP contribution >= 0.6 is 0 Å². The van der Waals surface area contributed by atoms with Gasteiger partial charge in [-0.25, -0.2) is 13.1 Å². The zero-order chi connectivity index (χ0) is 19.6. The quantitative estimate of drug-likeness (QED) is 0.825. The second kappa shape index (κ2) is 7.80. The Morgan fingerprint density at radius 2 is 1.89 bits per heavy atom. The van der Waals surface area contributed by atoms with Crippen LogP contribution < -0.4 is 9.62 Å². The molecule has 1 aliphatic rings. The molecule has 6 nitrogen and oxygen atoms in total. The van der Waals surface area contributed by atoms with E-state index in [1.165, 1.54) is 6.92 Å². The Kier molecular flexibility index (Phi) is 5.64. The molecule has 1 N–H and O–H groups in total. The lowest BCUT2D eigenvalue weighted by molar-refractivity contribution is -0.116. The van der Waals surface area contributed by atoms with Gasteiger partial charge >= 0.3 is 0 Å². The largest absolute Gasteiger partial charge is 0.312 e. The van der Waals surface area contributed by atoms with Gasteiger partial charge in [0.25, 0.3) is 0 Å². The zero-order valence-corrected chi connectivity index (χ0v) is 16.7. The molecule has 0 spiro atoms. The lowest BCUT2D eigenvalue weighted by Crippen LogP contribution is -2.34. The Hall–Kier alpha value is -2.22. The molecule has 1 unspecified atom stereocenters. The van der Waals surface area contributed by atoms with Crippen molar-refractivity contribution >= 4 is 21.6 Å². The molecule has 1 atom stereocenters. The molecule has 2 aromatic rings. The van der Waals surface area contributed by atoms with Crippen molar-refractivity contribution in [1.82, 2.24) is 9.62 Å². The Balaban J connectivity index is 1.78. The topological polar surface area (TPSA) is 69.7 Å². The van der Waals surface area contributed by atoms with Gasteiger partial charge in [0.2, 0.25) is 15.9 Å². The normalized spacial score (nSPS) is 15.0. The fourth-order valence-electron chi connectivity index (χ4n) is 3.42. The highest BCUT2D eigenvalue weighted by atomic mass is 32.2. The van der Waals surface area contributed by atoms with Crippen LogP contribution in [0, 0.1) is 0 Å². The smallest absolute Gasteiger partial charge is 0.240 e. The van der Waals surface area contributed by atoms with E-state index in [2.05, 4.69) is 4.72 Å². The molecule has 0 fully saturated rings. The molecule has 0 radical (unpaired) electrons. The summed E-state index contributed by atoms with van der Waals surface area (Å²) in [5.41, 5.74) is 2.74. The number of fused-ring (bicyclic) bond motifs is 1. The number of carbonyl (C=O) groups is 1. The van der Waals surface area contributed by atoms with Crippen molar-refractivity contribution in [2.24, 2.45) is 0 Å². The van der Waals surface area contributed by atoms with Crippen LogP contribution in [0.3, 0.4) is 0 Å². The second-order valence-corrected chi connectivity index (χ2v) is 8.72. The Morgan fingerprint density at radius 3 is 2.52 bits per heavy atom. The molecule has 7 heteroatoms. The number of benzene rings is 2. The zero-order valence-electron chi connectivity index (χ0n) is 15.8. The lowest BCUT2D eigenvalue weighted by atomic mass is 10.1. The molecule has 2 aromatic carbocycles. The van der Waals surface area contributed by atoms with Crippen molar-refractivity contribution in [2.75, 3.05) is 32.1 Å². The van der Waals surface area contributed by atoms with E-state index in [1.807, 2.05) is 49.3 Å². The molecule has 0 aliphatic carbocycles. The van der Waals surface area contributed by atoms with Crippen LogP contribution in [0.2, 0.25) is 0 Å². The highest BCUT2D eigenvalue weighted by Gasteiger charge is 2.25. The van der Waals surface area contributed by atoms with Gasteiger partial charge < -0.3 is 9.80 Å². The number of nitrogens with zero attached hydrogens (tertiary/aromatic N) is 2. The minimum absolute atomic E-state index is 0.0285. The summed E-state index contributed by atoms with van der Waals surface area (Å²) in [6.07, 6.45) is 0.669. The first-order valence-corrected chi connectivity index (χ1v) is 10.4. The van der Waals surface area contributed by atoms with E-state index < -0.39 is 10.0 Å². The maximum atomic E-state index is 12.8. The monoisotopic (exact) mass is 387 g/mol. The van der Waals surface area contributed by atoms with Crippen LogP contribution in [0.4, 0.5) is 5.69 Å². The van der Waals surface area contributed by atoms with E-state index in [0.29, 0.717) is 13.0 Å². The molecule has 1 amide bonds. The van der Waals surface area contributed by atoms with Crippen molar-refractivity contribution in [3.63, 3.8) is 0 Å². The van der Waals surface area contributed by atoms with Crippen LogP contribution in [0.1, 0.15) is 24.1 Å². The van der Waals surface area contributed by atoms with Gasteiger partial charge in [0.15, 0.2) is 0 Å². The van der Waals surface area contributed by atoms with Gasteiger partial charge in [0, 0.05) is 31.7 Å². The summed E-state index contributed by atoms with van der Waals surface area (Å²) in [7, 11) is 0.220. The van der Waals surface area contributed by atoms with E-state index in [-0.39, 0.29) is 23.4 Å². The highest BCUT2D eigenvalue weighted by Crippen LogP contribution is 2.30. The van der Waals surface area contributed by atoms with E-state index in [1.54, 1.807) is 23.1 Å². The molecular weight excluding hydrogens is 362 g/mol. The fourth-order valence-corrected chi connectivity index (χ4v) is 4.51. The van der Waals surface area contributed by atoms with Crippen LogP contribution in [-0.2, 0) is 21.2 Å². The number of rotatable bonds is 6. The van der Waals surface area contributed by atoms with E-state index >= 15 is 0 Å². The van der Waals surface area contributed by atoms with Crippen molar-refractivity contribution in [2.45, 2.75) is 24.3 Å². The van der Waals surface area contributed by atoms with Crippen molar-refractivity contribution in [1.29, 1.82) is 0 Å². The third-order valence-electron chi connectivity index (χ3n) is 4.91. The third-order valence-corrected chi connectivity index (χ3v) is 6.33. The number of amides is 1. The van der Waals surface area contributed by atoms with E-state index in [9.17, 15) is 13.2 Å². The average molecular weight is 388 g/mol. The molecule has 0 saturated heterocycles. The van der Waals surface area contributed by atoms with Gasteiger partial charge in [-0.3, -0.25) is 4.79 Å². The Bertz CT molecular complexity index is 927. The fraction of sp³-hybridized carbons (Fsp3) is 0.350. The lowest BCUT2D eigenvalue weighted by Gasteiger charge is -2.25. The first kappa shape index (κ1) is 19.5. The summed E-state index contributed by atoms with van der Waals surface area (Å²) in [4.78, 5) is 15.6. The second-order valence-electron chi connectivity index (χ2n) is 6.95. The summed E-state index contributed by atoms with van der Waals surface area (Å²) in [5.74, 6) is -0.0285. The standard InChI is InChI=1S/C20H25N3O3S/c1-15(24)23-12-11-17-13-18(9-10-19(17)23)27(25,26)21-14-20(22(2)3)16-7-5-4-6-8-16/h4-10,13,20-21H,11-12,14H2,1-3H3. The summed E-state index contributed by atoms with van der Waals surface area (Å²) in [5, 5.41) is 0. The predicted molar refractivity (Wildman–Crippen MR) is 106 cm³/mol. The van der Waals surface area contributed by atoms with Crippen LogP contribution in [-0.4, -0.2) is 46.4 Å². The first-order chi connectivity index (χ1) is 12.8. The van der Waals surface area contributed by atoms with E-state index in [0.717, 1.165) is 16.8 Å². The van der Waals surface area contributed by atoms with Crippen LogP contribution in [0.15, 0.2) is 53.4 Å². The maximum Gasteiger partial charge on any atom is 0.240 e. The summed E-state index contributed by atoms with van der Waals surface area (Å²) in [6.45, 7) is 2.39. The number of likely N-dealkylation sites (N-methyl/N-ethyl adjacent to an activating group) is 1. The molecule has 144 valence electrons. The molecule has 1 heterocycles. The SMILES string of the molecule is CC(=O)N1CCc2cc(S(=O)(=O)NCC(c3ccccc3)N(C)C)ccc21. The first-order valence-electron chi connectivity index (χ1n) is 8.91. The van der Waals surface area contributed by atoms with Crippen molar-refractivity contribution in [3.05, 3.63) is 59.7 Å². The van der Waals surface area contributed by atoms with Gasteiger partial charge in [0.1, 0.15) is 0 Å². The number of anilines is 1. The van der Waals surface area contributed by atoms with Gasteiger partial charge in [-0.05, 0) is 49.8 Å². The summed E-state index contributed by atoms with van der Waals surface area (Å²) < 4.78 is 28.3. The molecular formula is C20H25N3O3S. The minimum Gasteiger partial charge on any atom is -0.312 e. The average Bonchev–Trinajstić information content (AvgIpc) is 3.06. The van der Waals surface area contributed by atoms with Crippen molar-refractivity contribution in [3.8, 4) is 0 Å². The maximum absolute atomic E-state index is 12.8. The predicted octanol–water partition coefficient (Wildman–Crippen LogP) is 2.18. The minimum atomic E-state index is -3.64. The molecule has 0 bridgehead atoms. The third kappa shape index (κ3) is 4.21. The van der Waals surface area contributed by atoms with Gasteiger partial charge in [-0.1, -0.05) is 30.3 Å². The summed E-state index contributed by atoms with van der Waals surface area (Å²) in [6, 6.07) is 14.7. The summed E-state index contributed by atoms with van der Waals surface area (Å²) >= 11 is 0. The molecule has 27 heavy (non-hydrogen) atoms. The number of carbonyl (C=O) groups excluding carboxylic acids is 1. The number of hydrogen-bond acceptors (Lipinski definition) is 4. The number of hydrogen-bond donors (Lipinski definition) is 1. The molecule has 3 rings (SSSR count). The Labute approximate surface area is 160 Å². The highest BCUT2D eigenvalue weighted by molar-refractivity contribution is 7.89. The molecule has 0 saturated carbocycles. The number of sulfonamides is 1. The van der Waals surface area contributed by atoms with Crippen molar-refractivity contribution < 1.29 is 13.2 Å². The molecule has 0 aromatic heterocycles. The van der Waals surface area contributed by atoms with Crippen LogP contribution in [0.5, 0.6) is 0 Å². The number of nitrogens with one attached hydrogen (secondary N) is 1. The molecule has 1 aliphatic heterocycles. The van der Waals surface area contributed by atoms with Crippen LogP contribution in [0.25, 0.3) is 0 Å². The van der Waals surface area contributed by atoms with E-state index in [4.69, 9.17) is 0 Å². The van der Waals surface area contributed by atoms with Gasteiger partial charge in [-0.2, -0.15) is 0 Å². The van der Waals surface area contributed by atoms with Gasteiger partial charge in [-0.15, -0.1) is 0 Å².